The van der Waals surface area contributed by atoms with Gasteiger partial charge in [0.25, 0.3) is 5.91 Å². The Balaban J connectivity index is 1.38. The van der Waals surface area contributed by atoms with E-state index < -0.39 is 10.0 Å². The minimum Gasteiger partial charge on any atom is -0.468 e. The SMILES string of the molecule is C[C@H](NC(=O)c1ccc(S(=O)(=O)NCc2ccco2)cc1)c1ccc(-n2ccnc2)cc1. The summed E-state index contributed by atoms with van der Waals surface area (Å²) in [4.78, 5) is 16.7. The third-order valence-corrected chi connectivity index (χ3v) is 6.40. The number of hydrogen-bond donors (Lipinski definition) is 2. The first-order chi connectivity index (χ1) is 15.4. The Labute approximate surface area is 186 Å². The summed E-state index contributed by atoms with van der Waals surface area (Å²) in [5.41, 5.74) is 2.29. The molecule has 0 fully saturated rings. The first kappa shape index (κ1) is 21.5. The predicted molar refractivity (Wildman–Crippen MR) is 119 cm³/mol. The number of imidazole rings is 1. The highest BCUT2D eigenvalue weighted by molar-refractivity contribution is 7.89. The molecule has 2 N–H and O–H groups in total. The highest BCUT2D eigenvalue weighted by Crippen LogP contribution is 2.17. The summed E-state index contributed by atoms with van der Waals surface area (Å²) in [7, 11) is -3.72. The monoisotopic (exact) mass is 450 g/mol. The van der Waals surface area contributed by atoms with Gasteiger partial charge in [0.05, 0.1) is 30.1 Å². The van der Waals surface area contributed by atoms with E-state index in [1.54, 1.807) is 24.7 Å². The van der Waals surface area contributed by atoms with Crippen LogP contribution < -0.4 is 10.0 Å². The maximum absolute atomic E-state index is 12.6. The molecule has 1 atom stereocenters. The number of nitrogens with one attached hydrogen (secondary N) is 2. The van der Waals surface area contributed by atoms with Gasteiger partial charge in [-0.3, -0.25) is 4.79 Å². The van der Waals surface area contributed by atoms with Crippen molar-refractivity contribution in [2.75, 3.05) is 0 Å². The molecule has 4 aromatic rings. The van der Waals surface area contributed by atoms with Crippen LogP contribution in [0.1, 0.15) is 34.6 Å². The molecular weight excluding hydrogens is 428 g/mol. The lowest BCUT2D eigenvalue weighted by Crippen LogP contribution is -2.27. The summed E-state index contributed by atoms with van der Waals surface area (Å²) in [5, 5.41) is 2.93. The fourth-order valence-corrected chi connectivity index (χ4v) is 4.15. The fraction of sp³-hybridized carbons (Fsp3) is 0.130. The van der Waals surface area contributed by atoms with Crippen molar-refractivity contribution in [3.8, 4) is 5.69 Å². The molecule has 0 aliphatic carbocycles. The summed E-state index contributed by atoms with van der Waals surface area (Å²) < 4.78 is 34.3. The second kappa shape index (κ2) is 9.21. The number of carbonyl (C=O) groups excluding carboxylic acids is 1. The molecule has 9 heteroatoms. The highest BCUT2D eigenvalue weighted by atomic mass is 32.2. The lowest BCUT2D eigenvalue weighted by molar-refractivity contribution is 0.0940. The van der Waals surface area contributed by atoms with Crippen LogP contribution in [-0.4, -0.2) is 23.9 Å². The topological polar surface area (TPSA) is 106 Å². The highest BCUT2D eigenvalue weighted by Gasteiger charge is 2.16. The van der Waals surface area contributed by atoms with Gasteiger partial charge in [-0.15, -0.1) is 0 Å². The molecule has 2 aromatic carbocycles. The molecule has 0 bridgehead atoms. The van der Waals surface area contributed by atoms with E-state index in [4.69, 9.17) is 4.42 Å². The van der Waals surface area contributed by atoms with Crippen LogP contribution in [0.25, 0.3) is 5.69 Å². The molecule has 32 heavy (non-hydrogen) atoms. The molecular formula is C23H22N4O4S. The van der Waals surface area contributed by atoms with Crippen LogP contribution in [0.2, 0.25) is 0 Å². The fourth-order valence-electron chi connectivity index (χ4n) is 3.16. The molecule has 0 saturated carbocycles. The normalized spacial score (nSPS) is 12.4. The molecule has 164 valence electrons. The average Bonchev–Trinajstić information content (AvgIpc) is 3.52. The van der Waals surface area contributed by atoms with E-state index in [-0.39, 0.29) is 23.4 Å². The van der Waals surface area contributed by atoms with Crippen LogP contribution in [0.4, 0.5) is 0 Å². The lowest BCUT2D eigenvalue weighted by atomic mass is 10.1. The zero-order valence-corrected chi connectivity index (χ0v) is 18.1. The zero-order valence-electron chi connectivity index (χ0n) is 17.3. The van der Waals surface area contributed by atoms with E-state index in [9.17, 15) is 13.2 Å². The molecule has 8 nitrogen and oxygen atoms in total. The van der Waals surface area contributed by atoms with Gasteiger partial charge in [-0.2, -0.15) is 0 Å². The minimum absolute atomic E-state index is 0.0503. The van der Waals surface area contributed by atoms with Crippen LogP contribution in [0, 0.1) is 0 Å². The van der Waals surface area contributed by atoms with Gasteiger partial charge in [-0.1, -0.05) is 12.1 Å². The van der Waals surface area contributed by atoms with Gasteiger partial charge in [-0.05, 0) is 61.0 Å². The first-order valence-electron chi connectivity index (χ1n) is 9.94. The number of sulfonamides is 1. The van der Waals surface area contributed by atoms with E-state index in [1.165, 1.54) is 30.5 Å². The summed E-state index contributed by atoms with van der Waals surface area (Å²) in [6, 6.07) is 16.7. The Morgan fingerprint density at radius 2 is 1.84 bits per heavy atom. The Hall–Kier alpha value is -3.69. The molecule has 0 aliphatic heterocycles. The van der Waals surface area contributed by atoms with Crippen molar-refractivity contribution in [3.05, 3.63) is 103 Å². The van der Waals surface area contributed by atoms with Crippen molar-refractivity contribution in [1.29, 1.82) is 0 Å². The van der Waals surface area contributed by atoms with Gasteiger partial charge < -0.3 is 14.3 Å². The second-order valence-electron chi connectivity index (χ2n) is 7.18. The smallest absolute Gasteiger partial charge is 0.251 e. The molecule has 1 amide bonds. The maximum Gasteiger partial charge on any atom is 0.251 e. The van der Waals surface area contributed by atoms with E-state index in [1.807, 2.05) is 42.0 Å². The molecule has 4 rings (SSSR count). The predicted octanol–water partition coefficient (Wildman–Crippen LogP) is 3.43. The third-order valence-electron chi connectivity index (χ3n) is 4.99. The van der Waals surface area contributed by atoms with E-state index in [0.29, 0.717) is 11.3 Å². The van der Waals surface area contributed by atoms with E-state index >= 15 is 0 Å². The standard InChI is InChI=1S/C23H22N4O4S/c1-17(18-4-8-20(9-5-18)27-13-12-24-16-27)26-23(28)19-6-10-22(11-7-19)32(29,30)25-15-21-3-2-14-31-21/h2-14,16-17,25H,15H2,1H3,(H,26,28)/t17-/m0/s1. The Bertz CT molecular complexity index is 1270. The van der Waals surface area contributed by atoms with Crippen molar-refractivity contribution in [1.82, 2.24) is 19.6 Å². The number of benzene rings is 2. The van der Waals surface area contributed by atoms with Crippen molar-refractivity contribution in [2.45, 2.75) is 24.4 Å². The molecule has 2 heterocycles. The van der Waals surface area contributed by atoms with E-state index in [0.717, 1.165) is 11.3 Å². The summed E-state index contributed by atoms with van der Waals surface area (Å²) >= 11 is 0. The number of aromatic nitrogens is 2. The Morgan fingerprint density at radius 1 is 1.09 bits per heavy atom. The quantitative estimate of drug-likeness (QED) is 0.428. The lowest BCUT2D eigenvalue weighted by Gasteiger charge is -2.15. The van der Waals surface area contributed by atoms with Gasteiger partial charge in [0, 0.05) is 23.6 Å². The van der Waals surface area contributed by atoms with Gasteiger partial charge in [0.1, 0.15) is 5.76 Å². The third kappa shape index (κ3) is 4.96. The summed E-state index contributed by atoms with van der Waals surface area (Å²) in [5.74, 6) is 0.222. The molecule has 0 radical (unpaired) electrons. The minimum atomic E-state index is -3.72. The van der Waals surface area contributed by atoms with Crippen molar-refractivity contribution < 1.29 is 17.6 Å². The van der Waals surface area contributed by atoms with Gasteiger partial charge in [0.15, 0.2) is 0 Å². The summed E-state index contributed by atoms with van der Waals surface area (Å²) in [6.07, 6.45) is 6.77. The molecule has 2 aromatic heterocycles. The first-order valence-corrected chi connectivity index (χ1v) is 11.4. The van der Waals surface area contributed by atoms with Crippen LogP contribution in [0.15, 0.2) is 95.0 Å². The van der Waals surface area contributed by atoms with Crippen LogP contribution in [0.3, 0.4) is 0 Å². The van der Waals surface area contributed by atoms with Crippen LogP contribution >= 0.6 is 0 Å². The summed E-state index contributed by atoms with van der Waals surface area (Å²) in [6.45, 7) is 1.94. The number of hydrogen-bond acceptors (Lipinski definition) is 5. The van der Waals surface area contributed by atoms with Crippen LogP contribution in [0.5, 0.6) is 0 Å². The van der Waals surface area contributed by atoms with Crippen LogP contribution in [-0.2, 0) is 16.6 Å². The van der Waals surface area contributed by atoms with Gasteiger partial charge >= 0.3 is 0 Å². The Kier molecular flexibility index (Phi) is 6.20. The molecule has 0 unspecified atom stereocenters. The number of carbonyl (C=O) groups is 1. The van der Waals surface area contributed by atoms with E-state index in [2.05, 4.69) is 15.0 Å². The number of nitrogens with zero attached hydrogens (tertiary/aromatic N) is 2. The van der Waals surface area contributed by atoms with Crippen molar-refractivity contribution >= 4 is 15.9 Å². The molecule has 0 spiro atoms. The number of amides is 1. The van der Waals surface area contributed by atoms with Gasteiger partial charge in [0.2, 0.25) is 10.0 Å². The largest absolute Gasteiger partial charge is 0.468 e. The second-order valence-corrected chi connectivity index (χ2v) is 8.95. The molecule has 0 saturated heterocycles. The van der Waals surface area contributed by atoms with Gasteiger partial charge in [-0.25, -0.2) is 18.1 Å². The number of rotatable bonds is 8. The zero-order chi connectivity index (χ0) is 22.6. The van der Waals surface area contributed by atoms with Crippen molar-refractivity contribution in [3.63, 3.8) is 0 Å². The maximum atomic E-state index is 12.6. The average molecular weight is 451 g/mol. The molecule has 0 aliphatic rings. The van der Waals surface area contributed by atoms with Crippen molar-refractivity contribution in [2.24, 2.45) is 0 Å². The number of furan rings is 1. The Morgan fingerprint density at radius 3 is 2.47 bits per heavy atom.